The molecule has 2 atom stereocenters. The molecule has 3 aromatic carbocycles. The van der Waals surface area contributed by atoms with E-state index in [4.69, 9.17) is 18.9 Å². The van der Waals surface area contributed by atoms with E-state index in [0.717, 1.165) is 60.0 Å². The van der Waals surface area contributed by atoms with Gasteiger partial charge in [0.05, 0.1) is 12.1 Å². The summed E-state index contributed by atoms with van der Waals surface area (Å²) in [6.07, 6.45) is 2.02. The van der Waals surface area contributed by atoms with Gasteiger partial charge in [-0.3, -0.25) is 0 Å². The molecule has 7 rings (SSSR count). The van der Waals surface area contributed by atoms with Gasteiger partial charge in [-0.25, -0.2) is 0 Å². The molecule has 0 saturated carbocycles. The van der Waals surface area contributed by atoms with Crippen LogP contribution in [0.4, 0.5) is 0 Å². The zero-order chi connectivity index (χ0) is 22.9. The van der Waals surface area contributed by atoms with Crippen LogP contribution in [0, 0.1) is 0 Å². The van der Waals surface area contributed by atoms with Gasteiger partial charge >= 0.3 is 0 Å². The third-order valence-corrected chi connectivity index (χ3v) is 8.25. The van der Waals surface area contributed by atoms with E-state index < -0.39 is 0 Å². The normalized spacial score (nSPS) is 23.4. The largest absolute Gasteiger partial charge is 0.454 e. The summed E-state index contributed by atoms with van der Waals surface area (Å²) in [5, 5.41) is 0. The second-order valence-corrected chi connectivity index (χ2v) is 10.5. The van der Waals surface area contributed by atoms with E-state index in [0.29, 0.717) is 25.5 Å². The molecule has 174 valence electrons. The van der Waals surface area contributed by atoms with Gasteiger partial charge < -0.3 is 23.4 Å². The van der Waals surface area contributed by atoms with Crippen molar-refractivity contribution in [3.63, 3.8) is 0 Å². The number of hydrogen-bond acceptors (Lipinski definition) is 4. The Labute approximate surface area is 200 Å². The number of rotatable bonds is 3. The molecular formula is C29H30NO4+. The molecule has 5 heteroatoms. The highest BCUT2D eigenvalue weighted by Gasteiger charge is 2.48. The Bertz CT molecular complexity index is 1280. The van der Waals surface area contributed by atoms with E-state index in [1.807, 2.05) is 0 Å². The minimum atomic E-state index is 0.317. The fraction of sp³-hybridized carbons (Fsp3) is 0.379. The Hall–Kier alpha value is -3.18. The molecule has 5 nitrogen and oxygen atoms in total. The van der Waals surface area contributed by atoms with Crippen LogP contribution in [0.5, 0.6) is 23.0 Å². The number of benzene rings is 3. The average Bonchev–Trinajstić information content (AvgIpc) is 3.51. The summed E-state index contributed by atoms with van der Waals surface area (Å²) >= 11 is 0. The molecule has 0 bridgehead atoms. The molecule has 0 aromatic heterocycles. The summed E-state index contributed by atoms with van der Waals surface area (Å²) in [7, 11) is 0. The Balaban J connectivity index is 1.34. The first-order chi connectivity index (χ1) is 16.6. The quantitative estimate of drug-likeness (QED) is 0.478. The lowest BCUT2D eigenvalue weighted by Gasteiger charge is -2.51. The Morgan fingerprint density at radius 1 is 0.853 bits per heavy atom. The van der Waals surface area contributed by atoms with Crippen LogP contribution >= 0.6 is 0 Å². The predicted octanol–water partition coefficient (Wildman–Crippen LogP) is 5.64. The molecule has 4 heterocycles. The highest BCUT2D eigenvalue weighted by Crippen LogP contribution is 2.51. The third kappa shape index (κ3) is 3.03. The summed E-state index contributed by atoms with van der Waals surface area (Å²) in [5.74, 6) is 4.17. The first-order valence-corrected chi connectivity index (χ1v) is 12.4. The van der Waals surface area contributed by atoms with Gasteiger partial charge in [-0.1, -0.05) is 44.2 Å². The van der Waals surface area contributed by atoms with E-state index in [1.54, 1.807) is 0 Å². The summed E-state index contributed by atoms with van der Waals surface area (Å²) < 4.78 is 24.2. The summed E-state index contributed by atoms with van der Waals surface area (Å²) in [5.41, 5.74) is 8.31. The Morgan fingerprint density at radius 2 is 1.62 bits per heavy atom. The van der Waals surface area contributed by atoms with E-state index >= 15 is 0 Å². The lowest BCUT2D eigenvalue weighted by atomic mass is 9.80. The molecule has 0 radical (unpaired) electrons. The van der Waals surface area contributed by atoms with E-state index in [2.05, 4.69) is 62.4 Å². The SMILES string of the molecule is CC(C)c1ccc(C[N+]23CCc4cc5c(cc4C2Cc2ccc4c(c2C3)OCO4)OCO5)cc1. The smallest absolute Gasteiger partial charge is 0.231 e. The first-order valence-electron chi connectivity index (χ1n) is 12.4. The number of fused-ring (bicyclic) bond motifs is 7. The topological polar surface area (TPSA) is 36.9 Å². The fourth-order valence-corrected chi connectivity index (χ4v) is 6.39. The molecule has 2 unspecified atom stereocenters. The Kier molecular flexibility index (Phi) is 4.40. The molecule has 4 aliphatic heterocycles. The van der Waals surface area contributed by atoms with Gasteiger partial charge in [0.25, 0.3) is 0 Å². The maximum atomic E-state index is 5.98. The third-order valence-electron chi connectivity index (χ3n) is 8.25. The molecule has 0 amide bonds. The van der Waals surface area contributed by atoms with Crippen molar-refractivity contribution in [3.05, 3.63) is 81.9 Å². The molecule has 0 aliphatic carbocycles. The van der Waals surface area contributed by atoms with Gasteiger partial charge in [0.15, 0.2) is 23.0 Å². The molecule has 4 aliphatic rings. The summed E-state index contributed by atoms with van der Waals surface area (Å²) in [6, 6.07) is 18.4. The van der Waals surface area contributed by atoms with Crippen LogP contribution in [0.3, 0.4) is 0 Å². The highest BCUT2D eigenvalue weighted by atomic mass is 16.7. The van der Waals surface area contributed by atoms with Crippen LogP contribution in [0.15, 0.2) is 48.5 Å². The van der Waals surface area contributed by atoms with Gasteiger partial charge in [-0.15, -0.1) is 0 Å². The molecular weight excluding hydrogens is 426 g/mol. The van der Waals surface area contributed by atoms with Crippen molar-refractivity contribution in [2.45, 2.75) is 51.7 Å². The number of quaternary nitrogens is 1. The number of hydrogen-bond donors (Lipinski definition) is 0. The number of ether oxygens (including phenoxy) is 4. The maximum Gasteiger partial charge on any atom is 0.231 e. The lowest BCUT2D eigenvalue weighted by Crippen LogP contribution is -2.55. The van der Waals surface area contributed by atoms with Gasteiger partial charge in [0, 0.05) is 24.0 Å². The van der Waals surface area contributed by atoms with Crippen molar-refractivity contribution in [1.29, 1.82) is 0 Å². The Morgan fingerprint density at radius 3 is 2.44 bits per heavy atom. The molecule has 0 fully saturated rings. The van der Waals surface area contributed by atoms with Crippen molar-refractivity contribution in [3.8, 4) is 23.0 Å². The van der Waals surface area contributed by atoms with Crippen LogP contribution in [-0.4, -0.2) is 24.6 Å². The van der Waals surface area contributed by atoms with Crippen molar-refractivity contribution in [2.75, 3.05) is 20.1 Å². The molecule has 0 spiro atoms. The standard InChI is InChI=1S/C29H30NO4/c1-18(2)20-5-3-19(4-6-20)14-30-10-9-22-12-27-28(33-16-32-27)13-23(22)25(30)11-21-7-8-26-29(24(21)15-30)34-17-31-26/h3-8,12-13,18,25H,9-11,14-17H2,1-2H3/q+1. The van der Waals surface area contributed by atoms with Crippen molar-refractivity contribution < 1.29 is 23.4 Å². The second kappa shape index (κ2) is 7.41. The lowest BCUT2D eigenvalue weighted by molar-refractivity contribution is -0.985. The van der Waals surface area contributed by atoms with Crippen molar-refractivity contribution in [2.24, 2.45) is 0 Å². The van der Waals surface area contributed by atoms with Crippen LogP contribution < -0.4 is 18.9 Å². The van der Waals surface area contributed by atoms with Crippen molar-refractivity contribution >= 4 is 0 Å². The molecule has 3 aromatic rings. The van der Waals surface area contributed by atoms with Crippen LogP contribution in [0.25, 0.3) is 0 Å². The fourth-order valence-electron chi connectivity index (χ4n) is 6.39. The van der Waals surface area contributed by atoms with Crippen LogP contribution in [0.2, 0.25) is 0 Å². The van der Waals surface area contributed by atoms with Gasteiger partial charge in [0.1, 0.15) is 19.1 Å². The molecule has 0 saturated heterocycles. The zero-order valence-electron chi connectivity index (χ0n) is 19.8. The van der Waals surface area contributed by atoms with E-state index in [1.165, 1.54) is 33.4 Å². The predicted molar refractivity (Wildman–Crippen MR) is 128 cm³/mol. The zero-order valence-corrected chi connectivity index (χ0v) is 19.8. The maximum absolute atomic E-state index is 5.98. The minimum absolute atomic E-state index is 0.317. The van der Waals surface area contributed by atoms with Crippen LogP contribution in [0.1, 0.15) is 59.2 Å². The summed E-state index contributed by atoms with van der Waals surface area (Å²) in [6.45, 7) is 8.18. The minimum Gasteiger partial charge on any atom is -0.454 e. The average molecular weight is 457 g/mol. The first kappa shape index (κ1) is 20.2. The monoisotopic (exact) mass is 456 g/mol. The van der Waals surface area contributed by atoms with Crippen LogP contribution in [-0.2, 0) is 25.9 Å². The van der Waals surface area contributed by atoms with E-state index in [9.17, 15) is 0 Å². The highest BCUT2D eigenvalue weighted by molar-refractivity contribution is 5.55. The second-order valence-electron chi connectivity index (χ2n) is 10.5. The molecule has 0 N–H and O–H groups in total. The van der Waals surface area contributed by atoms with Crippen molar-refractivity contribution in [1.82, 2.24) is 0 Å². The van der Waals surface area contributed by atoms with E-state index in [-0.39, 0.29) is 0 Å². The van der Waals surface area contributed by atoms with Gasteiger partial charge in [-0.2, -0.15) is 0 Å². The molecule has 34 heavy (non-hydrogen) atoms. The van der Waals surface area contributed by atoms with Gasteiger partial charge in [0.2, 0.25) is 13.6 Å². The number of nitrogens with zero attached hydrogens (tertiary/aromatic N) is 1. The summed E-state index contributed by atoms with van der Waals surface area (Å²) in [4.78, 5) is 0. The van der Waals surface area contributed by atoms with Gasteiger partial charge in [-0.05, 0) is 40.8 Å².